The molecule has 0 spiro atoms. The van der Waals surface area contributed by atoms with Crippen LogP contribution in [0.25, 0.3) is 0 Å². The van der Waals surface area contributed by atoms with Gasteiger partial charge in [0.2, 0.25) is 0 Å². The molecule has 0 bridgehead atoms. The number of likely N-dealkylation sites (N-methyl/N-ethyl adjacent to an activating group) is 1. The first-order valence-corrected chi connectivity index (χ1v) is 6.92. The van der Waals surface area contributed by atoms with Gasteiger partial charge in [0.25, 0.3) is 5.91 Å². The number of carbonyl (C=O) groups excluding carboxylic acids is 1. The Morgan fingerprint density at radius 1 is 1.29 bits per heavy atom. The molecule has 0 fully saturated rings. The molecule has 1 rings (SSSR count). The molecule has 0 aliphatic rings. The standard InChI is InChI=1S/C13H19NO2S/c1-4-14(5-2)13(15)12(16-17-3)11-9-7-6-8-10-11/h6-10,12H,4-5H2,1-3H3/t12-/m0/s1. The van der Waals surface area contributed by atoms with Crippen molar-refractivity contribution in [2.45, 2.75) is 20.0 Å². The zero-order valence-electron chi connectivity index (χ0n) is 10.6. The molecule has 94 valence electrons. The van der Waals surface area contributed by atoms with Crippen LogP contribution in [0.2, 0.25) is 0 Å². The third kappa shape index (κ3) is 3.75. The van der Waals surface area contributed by atoms with Gasteiger partial charge >= 0.3 is 0 Å². The summed E-state index contributed by atoms with van der Waals surface area (Å²) in [5.41, 5.74) is 0.902. The van der Waals surface area contributed by atoms with Crippen molar-refractivity contribution in [3.8, 4) is 0 Å². The summed E-state index contributed by atoms with van der Waals surface area (Å²) < 4.78 is 5.50. The lowest BCUT2D eigenvalue weighted by atomic mass is 10.1. The molecular weight excluding hydrogens is 234 g/mol. The third-order valence-electron chi connectivity index (χ3n) is 2.59. The largest absolute Gasteiger partial charge is 0.341 e. The minimum absolute atomic E-state index is 0.0237. The van der Waals surface area contributed by atoms with E-state index < -0.39 is 6.10 Å². The molecule has 4 heteroatoms. The summed E-state index contributed by atoms with van der Waals surface area (Å²) in [7, 11) is 0. The minimum atomic E-state index is -0.508. The molecule has 1 atom stereocenters. The maximum Gasteiger partial charge on any atom is 0.257 e. The number of rotatable bonds is 6. The molecule has 0 unspecified atom stereocenters. The highest BCUT2D eigenvalue weighted by Crippen LogP contribution is 2.23. The fourth-order valence-corrected chi connectivity index (χ4v) is 2.05. The molecule has 0 aromatic heterocycles. The number of nitrogens with zero attached hydrogens (tertiary/aromatic N) is 1. The molecule has 0 radical (unpaired) electrons. The molecule has 0 aliphatic carbocycles. The molecular formula is C13H19NO2S. The topological polar surface area (TPSA) is 29.5 Å². The van der Waals surface area contributed by atoms with Crippen LogP contribution in [0.1, 0.15) is 25.5 Å². The lowest BCUT2D eigenvalue weighted by molar-refractivity contribution is -0.138. The Bertz CT molecular complexity index is 339. The first-order valence-electron chi connectivity index (χ1n) is 5.77. The van der Waals surface area contributed by atoms with Crippen LogP contribution >= 0.6 is 12.0 Å². The predicted octanol–water partition coefficient (Wildman–Crippen LogP) is 2.89. The summed E-state index contributed by atoms with van der Waals surface area (Å²) in [5, 5.41) is 0. The molecule has 0 N–H and O–H groups in total. The second kappa shape index (κ2) is 7.35. The van der Waals surface area contributed by atoms with Crippen LogP contribution in [0, 0.1) is 0 Å². The van der Waals surface area contributed by atoms with Gasteiger partial charge in [0, 0.05) is 19.3 Å². The molecule has 3 nitrogen and oxygen atoms in total. The highest BCUT2D eigenvalue weighted by Gasteiger charge is 2.25. The van der Waals surface area contributed by atoms with Gasteiger partial charge in [0.15, 0.2) is 6.10 Å². The monoisotopic (exact) mass is 253 g/mol. The molecule has 1 aromatic rings. The van der Waals surface area contributed by atoms with Crippen molar-refractivity contribution in [2.75, 3.05) is 19.3 Å². The van der Waals surface area contributed by atoms with E-state index in [0.29, 0.717) is 13.1 Å². The van der Waals surface area contributed by atoms with Gasteiger partial charge in [-0.25, -0.2) is 0 Å². The van der Waals surface area contributed by atoms with Gasteiger partial charge in [-0.1, -0.05) is 30.3 Å². The van der Waals surface area contributed by atoms with Crippen molar-refractivity contribution in [1.29, 1.82) is 0 Å². The fraction of sp³-hybridized carbons (Fsp3) is 0.462. The first kappa shape index (κ1) is 14.1. The average Bonchev–Trinajstić information content (AvgIpc) is 2.38. The van der Waals surface area contributed by atoms with E-state index in [-0.39, 0.29) is 5.91 Å². The van der Waals surface area contributed by atoms with E-state index in [2.05, 4.69) is 0 Å². The number of hydrogen-bond donors (Lipinski definition) is 0. The molecule has 1 amide bonds. The zero-order chi connectivity index (χ0) is 12.7. The van der Waals surface area contributed by atoms with E-state index in [9.17, 15) is 4.79 Å². The molecule has 0 aliphatic heterocycles. The van der Waals surface area contributed by atoms with E-state index >= 15 is 0 Å². The summed E-state index contributed by atoms with van der Waals surface area (Å²) in [6, 6.07) is 9.61. The Morgan fingerprint density at radius 2 is 1.88 bits per heavy atom. The van der Waals surface area contributed by atoms with Gasteiger partial charge in [-0.15, -0.1) is 0 Å². The number of hydrogen-bond acceptors (Lipinski definition) is 3. The van der Waals surface area contributed by atoms with Crippen LogP contribution in [0.15, 0.2) is 30.3 Å². The Labute approximate surface area is 107 Å². The van der Waals surface area contributed by atoms with Crippen molar-refractivity contribution in [3.63, 3.8) is 0 Å². The van der Waals surface area contributed by atoms with Crippen molar-refractivity contribution >= 4 is 17.9 Å². The van der Waals surface area contributed by atoms with Crippen molar-refractivity contribution in [2.24, 2.45) is 0 Å². The summed E-state index contributed by atoms with van der Waals surface area (Å²) in [6.07, 6.45) is 1.32. The molecule has 0 heterocycles. The summed E-state index contributed by atoms with van der Waals surface area (Å²) >= 11 is 1.22. The number of carbonyl (C=O) groups is 1. The van der Waals surface area contributed by atoms with Crippen LogP contribution in [0.4, 0.5) is 0 Å². The summed E-state index contributed by atoms with van der Waals surface area (Å²) in [5.74, 6) is 0.0237. The first-order chi connectivity index (χ1) is 8.24. The number of benzene rings is 1. The molecule has 1 aromatic carbocycles. The van der Waals surface area contributed by atoms with Crippen molar-refractivity contribution in [1.82, 2.24) is 4.90 Å². The van der Waals surface area contributed by atoms with Crippen LogP contribution < -0.4 is 0 Å². The van der Waals surface area contributed by atoms with Gasteiger partial charge in [-0.2, -0.15) is 0 Å². The van der Waals surface area contributed by atoms with E-state index in [0.717, 1.165) is 5.56 Å². The second-order valence-electron chi connectivity index (χ2n) is 3.56. The van der Waals surface area contributed by atoms with Crippen molar-refractivity contribution < 1.29 is 8.98 Å². The Morgan fingerprint density at radius 3 is 2.35 bits per heavy atom. The second-order valence-corrected chi connectivity index (χ2v) is 4.09. The minimum Gasteiger partial charge on any atom is -0.341 e. The van der Waals surface area contributed by atoms with E-state index in [1.54, 1.807) is 4.90 Å². The molecule has 17 heavy (non-hydrogen) atoms. The van der Waals surface area contributed by atoms with E-state index in [1.165, 1.54) is 12.0 Å². The van der Waals surface area contributed by atoms with Gasteiger partial charge in [-0.3, -0.25) is 8.98 Å². The Hall–Kier alpha value is -1.00. The fourth-order valence-electron chi connectivity index (χ4n) is 1.66. The molecule has 0 saturated carbocycles. The third-order valence-corrected chi connectivity index (χ3v) is 2.98. The van der Waals surface area contributed by atoms with E-state index in [1.807, 2.05) is 50.4 Å². The van der Waals surface area contributed by atoms with Crippen LogP contribution in [0.5, 0.6) is 0 Å². The predicted molar refractivity (Wildman–Crippen MR) is 71.7 cm³/mol. The Balaban J connectivity index is 2.89. The highest BCUT2D eigenvalue weighted by molar-refractivity contribution is 7.93. The van der Waals surface area contributed by atoms with Crippen LogP contribution in [0.3, 0.4) is 0 Å². The van der Waals surface area contributed by atoms with Gasteiger partial charge in [0.1, 0.15) is 0 Å². The smallest absolute Gasteiger partial charge is 0.257 e. The molecule has 0 saturated heterocycles. The normalized spacial score (nSPS) is 12.2. The van der Waals surface area contributed by atoms with Crippen LogP contribution in [-0.2, 0) is 8.98 Å². The lowest BCUT2D eigenvalue weighted by Crippen LogP contribution is -2.35. The lowest BCUT2D eigenvalue weighted by Gasteiger charge is -2.24. The Kier molecular flexibility index (Phi) is 6.08. The van der Waals surface area contributed by atoms with E-state index in [4.69, 9.17) is 4.18 Å². The SMILES string of the molecule is CCN(CC)C(=O)[C@@H](OSC)c1ccccc1. The highest BCUT2D eigenvalue weighted by atomic mass is 32.2. The summed E-state index contributed by atoms with van der Waals surface area (Å²) in [6.45, 7) is 5.36. The van der Waals surface area contributed by atoms with Gasteiger partial charge in [0.05, 0.1) is 0 Å². The number of amides is 1. The maximum atomic E-state index is 12.3. The average molecular weight is 253 g/mol. The van der Waals surface area contributed by atoms with Gasteiger partial charge in [-0.05, 0) is 31.5 Å². The maximum absolute atomic E-state index is 12.3. The quantitative estimate of drug-likeness (QED) is 0.730. The van der Waals surface area contributed by atoms with Gasteiger partial charge < -0.3 is 4.90 Å². The van der Waals surface area contributed by atoms with Crippen molar-refractivity contribution in [3.05, 3.63) is 35.9 Å². The zero-order valence-corrected chi connectivity index (χ0v) is 11.4. The summed E-state index contributed by atoms with van der Waals surface area (Å²) in [4.78, 5) is 14.1. The van der Waals surface area contributed by atoms with Crippen LogP contribution in [-0.4, -0.2) is 30.2 Å².